The van der Waals surface area contributed by atoms with E-state index in [4.69, 9.17) is 10.5 Å². The Labute approximate surface area is 102 Å². The van der Waals surface area contributed by atoms with Crippen LogP contribution < -0.4 is 10.5 Å². The van der Waals surface area contributed by atoms with Crippen LogP contribution in [0.2, 0.25) is 0 Å². The fourth-order valence-corrected chi connectivity index (χ4v) is 2.01. The molecule has 2 N–H and O–H groups in total. The maximum Gasteiger partial charge on any atom is 0.124 e. The SMILES string of the molecule is CCOc1ccccc1C(CN)n1cccc1. The summed E-state index contributed by atoms with van der Waals surface area (Å²) in [6.45, 7) is 3.21. The molecule has 2 aromatic rings. The molecule has 0 aliphatic carbocycles. The predicted octanol–water partition coefficient (Wildman–Crippen LogP) is 2.43. The third-order valence-electron chi connectivity index (χ3n) is 2.79. The van der Waals surface area contributed by atoms with Crippen molar-refractivity contribution in [3.05, 3.63) is 54.4 Å². The average molecular weight is 230 g/mol. The normalized spacial score (nSPS) is 12.4. The summed E-state index contributed by atoms with van der Waals surface area (Å²) < 4.78 is 7.76. The Balaban J connectivity index is 2.37. The van der Waals surface area contributed by atoms with Crippen molar-refractivity contribution in [3.63, 3.8) is 0 Å². The van der Waals surface area contributed by atoms with Gasteiger partial charge < -0.3 is 15.0 Å². The summed E-state index contributed by atoms with van der Waals surface area (Å²) in [4.78, 5) is 0. The summed E-state index contributed by atoms with van der Waals surface area (Å²) in [5.41, 5.74) is 7.02. The number of aromatic nitrogens is 1. The number of benzene rings is 1. The number of ether oxygens (including phenoxy) is 1. The predicted molar refractivity (Wildman–Crippen MR) is 69.2 cm³/mol. The molecule has 0 aliphatic heterocycles. The number of para-hydroxylation sites is 1. The lowest BCUT2D eigenvalue weighted by molar-refractivity contribution is 0.332. The summed E-state index contributed by atoms with van der Waals surface area (Å²) in [5.74, 6) is 0.916. The molecule has 1 aromatic carbocycles. The average Bonchev–Trinajstić information content (AvgIpc) is 2.86. The first-order valence-corrected chi connectivity index (χ1v) is 5.91. The Morgan fingerprint density at radius 1 is 1.18 bits per heavy atom. The van der Waals surface area contributed by atoms with Crippen LogP contribution in [-0.4, -0.2) is 17.7 Å². The van der Waals surface area contributed by atoms with Crippen molar-refractivity contribution in [2.75, 3.05) is 13.2 Å². The minimum Gasteiger partial charge on any atom is -0.494 e. The minimum atomic E-state index is 0.132. The van der Waals surface area contributed by atoms with Gasteiger partial charge in [-0.25, -0.2) is 0 Å². The van der Waals surface area contributed by atoms with Gasteiger partial charge in [-0.05, 0) is 25.1 Å². The van der Waals surface area contributed by atoms with Crippen LogP contribution in [0.1, 0.15) is 18.5 Å². The second-order valence-electron chi connectivity index (χ2n) is 3.85. The van der Waals surface area contributed by atoms with Crippen LogP contribution in [0.15, 0.2) is 48.8 Å². The van der Waals surface area contributed by atoms with Gasteiger partial charge >= 0.3 is 0 Å². The fraction of sp³-hybridized carbons (Fsp3) is 0.286. The molecule has 0 saturated carbocycles. The van der Waals surface area contributed by atoms with Gasteiger partial charge in [0.2, 0.25) is 0 Å². The van der Waals surface area contributed by atoms with Crippen LogP contribution in [0.25, 0.3) is 0 Å². The highest BCUT2D eigenvalue weighted by Gasteiger charge is 2.15. The van der Waals surface area contributed by atoms with Crippen molar-refractivity contribution in [3.8, 4) is 5.75 Å². The highest BCUT2D eigenvalue weighted by Crippen LogP contribution is 2.27. The molecule has 0 bridgehead atoms. The van der Waals surface area contributed by atoms with E-state index in [-0.39, 0.29) is 6.04 Å². The number of nitrogens with zero attached hydrogens (tertiary/aromatic N) is 1. The van der Waals surface area contributed by atoms with Crippen LogP contribution in [0.5, 0.6) is 5.75 Å². The van der Waals surface area contributed by atoms with E-state index < -0.39 is 0 Å². The summed E-state index contributed by atoms with van der Waals surface area (Å²) in [6.07, 6.45) is 4.06. The molecule has 0 radical (unpaired) electrons. The fourth-order valence-electron chi connectivity index (χ4n) is 2.01. The van der Waals surface area contributed by atoms with Crippen molar-refractivity contribution in [1.82, 2.24) is 4.57 Å². The van der Waals surface area contributed by atoms with Crippen molar-refractivity contribution in [1.29, 1.82) is 0 Å². The topological polar surface area (TPSA) is 40.2 Å². The third-order valence-corrected chi connectivity index (χ3v) is 2.79. The van der Waals surface area contributed by atoms with Crippen molar-refractivity contribution < 1.29 is 4.74 Å². The van der Waals surface area contributed by atoms with Crippen molar-refractivity contribution in [2.45, 2.75) is 13.0 Å². The molecule has 90 valence electrons. The largest absolute Gasteiger partial charge is 0.494 e. The molecule has 0 saturated heterocycles. The molecule has 0 amide bonds. The Kier molecular flexibility index (Phi) is 3.83. The molecule has 1 heterocycles. The van der Waals surface area contributed by atoms with Gasteiger partial charge in [0.05, 0.1) is 12.6 Å². The molecule has 3 nitrogen and oxygen atoms in total. The van der Waals surface area contributed by atoms with Gasteiger partial charge in [0.1, 0.15) is 5.75 Å². The molecule has 0 fully saturated rings. The van der Waals surface area contributed by atoms with Gasteiger partial charge in [-0.3, -0.25) is 0 Å². The van der Waals surface area contributed by atoms with E-state index in [0.717, 1.165) is 11.3 Å². The van der Waals surface area contributed by atoms with Crippen molar-refractivity contribution in [2.24, 2.45) is 5.73 Å². The lowest BCUT2D eigenvalue weighted by Crippen LogP contribution is -2.20. The molecule has 3 heteroatoms. The van der Waals surface area contributed by atoms with Crippen LogP contribution in [0, 0.1) is 0 Å². The number of nitrogens with two attached hydrogens (primary N) is 1. The van der Waals surface area contributed by atoms with Gasteiger partial charge in [-0.1, -0.05) is 18.2 Å². The first-order chi connectivity index (χ1) is 8.36. The number of hydrogen-bond donors (Lipinski definition) is 1. The first-order valence-electron chi connectivity index (χ1n) is 5.91. The minimum absolute atomic E-state index is 0.132. The molecule has 0 aliphatic rings. The lowest BCUT2D eigenvalue weighted by Gasteiger charge is -2.20. The van der Waals surface area contributed by atoms with E-state index in [1.165, 1.54) is 0 Å². The molecular formula is C14H18N2O. The van der Waals surface area contributed by atoms with E-state index in [2.05, 4.69) is 10.6 Å². The molecule has 0 spiro atoms. The van der Waals surface area contributed by atoms with E-state index in [1.807, 2.05) is 49.6 Å². The quantitative estimate of drug-likeness (QED) is 0.857. The second-order valence-corrected chi connectivity index (χ2v) is 3.85. The maximum absolute atomic E-state index is 5.88. The maximum atomic E-state index is 5.88. The highest BCUT2D eigenvalue weighted by atomic mass is 16.5. The molecule has 2 rings (SSSR count). The Bertz CT molecular complexity index is 451. The summed E-state index contributed by atoms with van der Waals surface area (Å²) >= 11 is 0. The summed E-state index contributed by atoms with van der Waals surface area (Å²) in [7, 11) is 0. The van der Waals surface area contributed by atoms with Gasteiger partial charge in [-0.2, -0.15) is 0 Å². The van der Waals surface area contributed by atoms with Crippen molar-refractivity contribution >= 4 is 0 Å². The Hall–Kier alpha value is -1.74. The van der Waals surface area contributed by atoms with E-state index in [0.29, 0.717) is 13.2 Å². The molecular weight excluding hydrogens is 212 g/mol. The summed E-state index contributed by atoms with van der Waals surface area (Å²) in [6, 6.07) is 12.2. The van der Waals surface area contributed by atoms with E-state index in [9.17, 15) is 0 Å². The Morgan fingerprint density at radius 2 is 1.88 bits per heavy atom. The smallest absolute Gasteiger partial charge is 0.124 e. The van der Waals surface area contributed by atoms with Crippen LogP contribution in [-0.2, 0) is 0 Å². The van der Waals surface area contributed by atoms with Gasteiger partial charge in [-0.15, -0.1) is 0 Å². The van der Waals surface area contributed by atoms with E-state index >= 15 is 0 Å². The van der Waals surface area contributed by atoms with Gasteiger partial charge in [0.25, 0.3) is 0 Å². The second kappa shape index (κ2) is 5.55. The van der Waals surface area contributed by atoms with Crippen LogP contribution in [0.4, 0.5) is 0 Å². The van der Waals surface area contributed by atoms with Crippen LogP contribution in [0.3, 0.4) is 0 Å². The standard InChI is InChI=1S/C14H18N2O/c1-2-17-14-8-4-3-7-12(14)13(11-15)16-9-5-6-10-16/h3-10,13H,2,11,15H2,1H3. The molecule has 17 heavy (non-hydrogen) atoms. The zero-order valence-electron chi connectivity index (χ0n) is 10.0. The van der Waals surface area contributed by atoms with Crippen LogP contribution >= 0.6 is 0 Å². The monoisotopic (exact) mass is 230 g/mol. The number of rotatable bonds is 5. The zero-order chi connectivity index (χ0) is 12.1. The number of hydrogen-bond acceptors (Lipinski definition) is 2. The molecule has 1 atom stereocenters. The third kappa shape index (κ3) is 2.50. The lowest BCUT2D eigenvalue weighted by atomic mass is 10.1. The Morgan fingerprint density at radius 3 is 2.53 bits per heavy atom. The first kappa shape index (κ1) is 11.7. The zero-order valence-corrected chi connectivity index (χ0v) is 10.0. The van der Waals surface area contributed by atoms with Gasteiger partial charge in [0, 0.05) is 24.5 Å². The van der Waals surface area contributed by atoms with E-state index in [1.54, 1.807) is 0 Å². The highest BCUT2D eigenvalue weighted by molar-refractivity contribution is 5.36. The van der Waals surface area contributed by atoms with Gasteiger partial charge in [0.15, 0.2) is 0 Å². The summed E-state index contributed by atoms with van der Waals surface area (Å²) in [5, 5.41) is 0. The molecule has 1 aromatic heterocycles. The molecule has 1 unspecified atom stereocenters.